The van der Waals surface area contributed by atoms with Crippen molar-refractivity contribution >= 4 is 29.5 Å². The molecule has 1 aliphatic rings. The molecular weight excluding hydrogens is 326 g/mol. The Morgan fingerprint density at radius 2 is 2.14 bits per heavy atom. The molecule has 1 aromatic heterocycles. The highest BCUT2D eigenvalue weighted by Crippen LogP contribution is 2.31. The van der Waals surface area contributed by atoms with Gasteiger partial charge in [-0.3, -0.25) is 19.7 Å². The van der Waals surface area contributed by atoms with E-state index in [0.29, 0.717) is 15.9 Å². The van der Waals surface area contributed by atoms with Gasteiger partial charge in [0.2, 0.25) is 0 Å². The number of nitrogens with zero attached hydrogens (tertiary/aromatic N) is 2. The summed E-state index contributed by atoms with van der Waals surface area (Å²) in [6, 6.07) is 2.68. The Morgan fingerprint density at radius 1 is 1.41 bits per heavy atom. The molecule has 22 heavy (non-hydrogen) atoms. The van der Waals surface area contributed by atoms with Gasteiger partial charge in [0.15, 0.2) is 0 Å². The van der Waals surface area contributed by atoms with E-state index in [2.05, 4.69) is 4.98 Å². The molecule has 0 fully saturated rings. The van der Waals surface area contributed by atoms with Crippen molar-refractivity contribution in [3.8, 4) is 5.69 Å². The number of non-ortho nitro benzene ring substituents is 1. The van der Waals surface area contributed by atoms with E-state index in [0.717, 1.165) is 30.5 Å². The topological polar surface area (TPSA) is 80.9 Å². The first-order valence-corrected chi connectivity index (χ1v) is 7.50. The molecule has 0 radical (unpaired) electrons. The van der Waals surface area contributed by atoms with E-state index in [4.69, 9.17) is 23.8 Å². The first kappa shape index (κ1) is 14.9. The Hall–Kier alpha value is -1.99. The lowest BCUT2D eigenvalue weighted by atomic mass is 10.1. The largest absolute Gasteiger partial charge is 0.331 e. The lowest BCUT2D eigenvalue weighted by molar-refractivity contribution is -0.384. The predicted molar refractivity (Wildman–Crippen MR) is 85.7 cm³/mol. The van der Waals surface area contributed by atoms with E-state index in [1.807, 2.05) is 0 Å². The van der Waals surface area contributed by atoms with Gasteiger partial charge in [-0.1, -0.05) is 23.8 Å². The maximum Gasteiger partial charge on any atom is 0.331 e. The number of aryl methyl sites for hydroxylation is 1. The van der Waals surface area contributed by atoms with Crippen molar-refractivity contribution in [1.82, 2.24) is 9.55 Å². The van der Waals surface area contributed by atoms with Crippen LogP contribution in [-0.4, -0.2) is 14.5 Å². The van der Waals surface area contributed by atoms with Gasteiger partial charge in [0.1, 0.15) is 4.64 Å². The second kappa shape index (κ2) is 5.33. The smallest absolute Gasteiger partial charge is 0.298 e. The molecule has 0 atom stereocenters. The highest BCUT2D eigenvalue weighted by molar-refractivity contribution is 7.71. The van der Waals surface area contributed by atoms with Crippen molar-refractivity contribution in [1.29, 1.82) is 0 Å². The van der Waals surface area contributed by atoms with E-state index >= 15 is 0 Å². The van der Waals surface area contributed by atoms with Crippen LogP contribution >= 0.6 is 23.8 Å². The van der Waals surface area contributed by atoms with Crippen LogP contribution in [-0.2, 0) is 12.8 Å². The van der Waals surface area contributed by atoms with E-state index in [9.17, 15) is 14.9 Å². The van der Waals surface area contributed by atoms with E-state index < -0.39 is 4.92 Å². The molecule has 2 aromatic rings. The third-order valence-corrected chi connectivity index (χ3v) is 4.47. The van der Waals surface area contributed by atoms with Gasteiger partial charge in [0, 0.05) is 23.4 Å². The lowest BCUT2D eigenvalue weighted by Gasteiger charge is -2.15. The Balaban J connectivity index is 2.35. The fourth-order valence-electron chi connectivity index (χ4n) is 2.91. The summed E-state index contributed by atoms with van der Waals surface area (Å²) < 4.78 is 1.96. The molecule has 0 unspecified atom stereocenters. The number of hydrogen-bond acceptors (Lipinski definition) is 4. The Labute approximate surface area is 135 Å². The van der Waals surface area contributed by atoms with Crippen molar-refractivity contribution < 1.29 is 4.92 Å². The highest BCUT2D eigenvalue weighted by Gasteiger charge is 2.23. The van der Waals surface area contributed by atoms with Gasteiger partial charge in [0.25, 0.3) is 5.69 Å². The molecule has 0 amide bonds. The molecule has 114 valence electrons. The van der Waals surface area contributed by atoms with Crippen LogP contribution < -0.4 is 5.69 Å². The fraction of sp³-hybridized carbons (Fsp3) is 0.286. The van der Waals surface area contributed by atoms with Crippen LogP contribution in [0.5, 0.6) is 0 Å². The normalized spacial score (nSPS) is 13.2. The van der Waals surface area contributed by atoms with E-state index in [1.54, 1.807) is 6.92 Å². The number of nitro benzene ring substituents is 1. The maximum absolute atomic E-state index is 12.4. The number of halogens is 1. The Kier molecular flexibility index (Phi) is 3.62. The molecule has 6 nitrogen and oxygen atoms in total. The monoisotopic (exact) mass is 337 g/mol. The second-order valence-corrected chi connectivity index (χ2v) is 6.04. The average Bonchev–Trinajstić information content (AvgIpc) is 2.90. The minimum Gasteiger partial charge on any atom is -0.298 e. The van der Waals surface area contributed by atoms with Crippen molar-refractivity contribution in [3.05, 3.63) is 59.2 Å². The quantitative estimate of drug-likeness (QED) is 0.518. The van der Waals surface area contributed by atoms with Crippen molar-refractivity contribution in [2.45, 2.75) is 26.2 Å². The van der Waals surface area contributed by atoms with Crippen LogP contribution in [0.25, 0.3) is 5.69 Å². The lowest BCUT2D eigenvalue weighted by Crippen LogP contribution is -2.26. The summed E-state index contributed by atoms with van der Waals surface area (Å²) in [6.07, 6.45) is 2.46. The van der Waals surface area contributed by atoms with Crippen LogP contribution in [0.15, 0.2) is 16.9 Å². The maximum atomic E-state index is 12.4. The molecule has 0 saturated carbocycles. The van der Waals surface area contributed by atoms with Crippen molar-refractivity contribution in [2.75, 3.05) is 0 Å². The van der Waals surface area contributed by atoms with Gasteiger partial charge < -0.3 is 0 Å². The van der Waals surface area contributed by atoms with Gasteiger partial charge in [-0.05, 0) is 31.7 Å². The molecule has 0 spiro atoms. The van der Waals surface area contributed by atoms with Gasteiger partial charge >= 0.3 is 5.69 Å². The van der Waals surface area contributed by atoms with Crippen LogP contribution in [0.2, 0.25) is 5.02 Å². The molecule has 8 heteroatoms. The highest BCUT2D eigenvalue weighted by atomic mass is 35.5. The third kappa shape index (κ3) is 2.26. The second-order valence-electron chi connectivity index (χ2n) is 5.22. The number of nitro groups is 1. The molecule has 1 heterocycles. The van der Waals surface area contributed by atoms with Crippen LogP contribution in [0.4, 0.5) is 5.69 Å². The summed E-state index contributed by atoms with van der Waals surface area (Å²) in [5.41, 5.74) is 2.36. The Bertz CT molecular complexity index is 894. The minimum atomic E-state index is -0.506. The van der Waals surface area contributed by atoms with Crippen LogP contribution in [0.3, 0.4) is 0 Å². The number of rotatable bonds is 2. The summed E-state index contributed by atoms with van der Waals surface area (Å²) in [5.74, 6) is 0. The number of aromatic amines is 1. The van der Waals surface area contributed by atoms with Gasteiger partial charge in [-0.15, -0.1) is 0 Å². The first-order valence-electron chi connectivity index (χ1n) is 6.72. The third-order valence-electron chi connectivity index (χ3n) is 3.83. The Morgan fingerprint density at radius 3 is 2.77 bits per heavy atom. The summed E-state index contributed by atoms with van der Waals surface area (Å²) >= 11 is 11.4. The zero-order valence-electron chi connectivity index (χ0n) is 11.7. The SMILES string of the molecule is Cc1cc([N+](=O)[O-])cc(Cl)c1-n1c2c(c(=S)[nH]c1=O)CCC2. The van der Waals surface area contributed by atoms with Gasteiger partial charge in [-0.2, -0.15) is 0 Å². The first-order chi connectivity index (χ1) is 10.4. The molecule has 3 rings (SSSR count). The van der Waals surface area contributed by atoms with Crippen molar-refractivity contribution in [3.63, 3.8) is 0 Å². The van der Waals surface area contributed by atoms with Crippen molar-refractivity contribution in [2.24, 2.45) is 0 Å². The molecule has 0 bridgehead atoms. The predicted octanol–water partition coefficient (Wildman–Crippen LogP) is 3.25. The number of hydrogen-bond donors (Lipinski definition) is 1. The summed E-state index contributed by atoms with van der Waals surface area (Å²) in [6.45, 7) is 1.70. The molecule has 0 aliphatic heterocycles. The number of benzene rings is 1. The van der Waals surface area contributed by atoms with Gasteiger partial charge in [-0.25, -0.2) is 4.79 Å². The minimum absolute atomic E-state index is 0.0974. The standard InChI is InChI=1S/C14H12ClN3O3S/c1-7-5-8(18(20)21)6-10(15)12(7)17-11-4-2-3-9(11)13(22)16-14(17)19/h5-6H,2-4H2,1H3,(H,16,19,22). The molecule has 1 aliphatic carbocycles. The molecule has 1 aromatic carbocycles. The molecule has 0 saturated heterocycles. The van der Waals surface area contributed by atoms with E-state index in [-0.39, 0.29) is 16.4 Å². The zero-order chi connectivity index (χ0) is 16.0. The molecular formula is C14H12ClN3O3S. The van der Waals surface area contributed by atoms with Crippen LogP contribution in [0.1, 0.15) is 23.2 Å². The number of fused-ring (bicyclic) bond motifs is 1. The van der Waals surface area contributed by atoms with E-state index in [1.165, 1.54) is 16.7 Å². The summed E-state index contributed by atoms with van der Waals surface area (Å²) in [5, 5.41) is 11.1. The summed E-state index contributed by atoms with van der Waals surface area (Å²) in [4.78, 5) is 25.4. The number of nitrogens with one attached hydrogen (secondary N) is 1. The van der Waals surface area contributed by atoms with Crippen LogP contribution in [0, 0.1) is 21.7 Å². The molecule has 1 N–H and O–H groups in total. The number of H-pyrrole nitrogens is 1. The van der Waals surface area contributed by atoms with Gasteiger partial charge in [0.05, 0.1) is 15.6 Å². The summed E-state index contributed by atoms with van der Waals surface area (Å²) in [7, 11) is 0. The fourth-order valence-corrected chi connectivity index (χ4v) is 3.57. The average molecular weight is 338 g/mol. The number of aromatic nitrogens is 2. The zero-order valence-corrected chi connectivity index (χ0v) is 13.3.